The second-order valence-electron chi connectivity index (χ2n) is 6.09. The highest BCUT2D eigenvalue weighted by molar-refractivity contribution is 5.13. The van der Waals surface area contributed by atoms with Crippen LogP contribution in [0.3, 0.4) is 0 Å². The van der Waals surface area contributed by atoms with E-state index in [-0.39, 0.29) is 0 Å². The van der Waals surface area contributed by atoms with Crippen molar-refractivity contribution in [2.45, 2.75) is 38.0 Å². The van der Waals surface area contributed by atoms with Crippen molar-refractivity contribution < 1.29 is 9.84 Å². The van der Waals surface area contributed by atoms with Gasteiger partial charge in [0.1, 0.15) is 0 Å². The van der Waals surface area contributed by atoms with Crippen LogP contribution in [0.25, 0.3) is 0 Å². The maximum absolute atomic E-state index is 10.1. The van der Waals surface area contributed by atoms with Crippen LogP contribution in [0.1, 0.15) is 24.8 Å². The Bertz CT molecular complexity index is 399. The Kier molecular flexibility index (Phi) is 6.64. The van der Waals surface area contributed by atoms with E-state index in [2.05, 4.69) is 11.9 Å². The van der Waals surface area contributed by atoms with Crippen molar-refractivity contribution in [3.63, 3.8) is 0 Å². The Balaban J connectivity index is 1.68. The average Bonchev–Trinajstić information content (AvgIpc) is 2.97. The number of likely N-dealkylation sites (N-methyl/N-ethyl adjacent to an activating group) is 1. The highest BCUT2D eigenvalue weighted by Gasteiger charge is 2.29. The van der Waals surface area contributed by atoms with Crippen molar-refractivity contribution in [1.82, 2.24) is 4.90 Å². The minimum atomic E-state index is -0.447. The van der Waals surface area contributed by atoms with Crippen LogP contribution in [0.4, 0.5) is 0 Å². The first-order chi connectivity index (χ1) is 10.2. The van der Waals surface area contributed by atoms with Gasteiger partial charge in [0.25, 0.3) is 0 Å². The fourth-order valence-electron chi connectivity index (χ4n) is 3.28. The van der Waals surface area contributed by atoms with Crippen molar-refractivity contribution in [2.24, 2.45) is 11.7 Å². The van der Waals surface area contributed by atoms with E-state index in [9.17, 15) is 5.11 Å². The van der Waals surface area contributed by atoms with Crippen molar-refractivity contribution >= 4 is 0 Å². The van der Waals surface area contributed by atoms with Crippen LogP contribution < -0.4 is 5.73 Å². The predicted molar refractivity (Wildman–Crippen MR) is 84.9 cm³/mol. The standard InChI is InChI=1S/C17H28N2O2/c1-19(17-9-5-8-15(17)10-18)11-16(20)13-21-12-14-6-3-2-4-7-14/h2-4,6-7,15-17,20H,5,8-13,18H2,1H3. The zero-order chi connectivity index (χ0) is 15.1. The van der Waals surface area contributed by atoms with Crippen LogP contribution in [0.5, 0.6) is 0 Å². The summed E-state index contributed by atoms with van der Waals surface area (Å²) in [6, 6.07) is 10.6. The third-order valence-corrected chi connectivity index (χ3v) is 4.41. The Morgan fingerprint density at radius 2 is 2.10 bits per heavy atom. The summed E-state index contributed by atoms with van der Waals surface area (Å²) in [5.41, 5.74) is 6.96. The molecule has 1 fully saturated rings. The third-order valence-electron chi connectivity index (χ3n) is 4.41. The molecule has 0 spiro atoms. The van der Waals surface area contributed by atoms with E-state index in [1.807, 2.05) is 30.3 Å². The van der Waals surface area contributed by atoms with Crippen LogP contribution in [-0.4, -0.2) is 48.9 Å². The summed E-state index contributed by atoms with van der Waals surface area (Å²) in [7, 11) is 2.08. The zero-order valence-electron chi connectivity index (χ0n) is 12.9. The van der Waals surface area contributed by atoms with Gasteiger partial charge in [0.15, 0.2) is 0 Å². The number of benzene rings is 1. The van der Waals surface area contributed by atoms with Gasteiger partial charge in [-0.15, -0.1) is 0 Å². The number of hydrogen-bond acceptors (Lipinski definition) is 4. The van der Waals surface area contributed by atoms with E-state index >= 15 is 0 Å². The monoisotopic (exact) mass is 292 g/mol. The minimum absolute atomic E-state index is 0.374. The molecule has 3 N–H and O–H groups in total. The van der Waals surface area contributed by atoms with Gasteiger partial charge in [0, 0.05) is 12.6 Å². The molecule has 3 unspecified atom stereocenters. The first-order valence-electron chi connectivity index (χ1n) is 7.90. The van der Waals surface area contributed by atoms with E-state index in [1.165, 1.54) is 19.3 Å². The highest BCUT2D eigenvalue weighted by atomic mass is 16.5. The van der Waals surface area contributed by atoms with Gasteiger partial charge < -0.3 is 20.5 Å². The maximum atomic E-state index is 10.1. The molecule has 1 aromatic carbocycles. The molecule has 0 saturated heterocycles. The quantitative estimate of drug-likeness (QED) is 0.764. The molecule has 0 amide bonds. The van der Waals surface area contributed by atoms with Gasteiger partial charge in [-0.2, -0.15) is 0 Å². The topological polar surface area (TPSA) is 58.7 Å². The smallest absolute Gasteiger partial charge is 0.0900 e. The Hall–Kier alpha value is -0.940. The average molecular weight is 292 g/mol. The lowest BCUT2D eigenvalue weighted by atomic mass is 10.0. The van der Waals surface area contributed by atoms with Crippen molar-refractivity contribution in [2.75, 3.05) is 26.7 Å². The fourth-order valence-corrected chi connectivity index (χ4v) is 3.28. The molecule has 1 aliphatic rings. The van der Waals surface area contributed by atoms with Crippen LogP contribution in [-0.2, 0) is 11.3 Å². The summed E-state index contributed by atoms with van der Waals surface area (Å²) in [6.07, 6.45) is 3.21. The van der Waals surface area contributed by atoms with Crippen LogP contribution in [0, 0.1) is 5.92 Å². The number of nitrogens with zero attached hydrogens (tertiary/aromatic N) is 1. The molecule has 0 aliphatic heterocycles. The molecule has 21 heavy (non-hydrogen) atoms. The largest absolute Gasteiger partial charge is 0.389 e. The second kappa shape index (κ2) is 8.49. The summed E-state index contributed by atoms with van der Waals surface area (Å²) >= 11 is 0. The molecule has 4 nitrogen and oxygen atoms in total. The lowest BCUT2D eigenvalue weighted by molar-refractivity contribution is 0.00504. The molecule has 0 aromatic heterocycles. The van der Waals surface area contributed by atoms with Gasteiger partial charge in [-0.1, -0.05) is 36.8 Å². The Morgan fingerprint density at radius 1 is 1.33 bits per heavy atom. The lowest BCUT2D eigenvalue weighted by Crippen LogP contribution is -2.42. The molecule has 1 saturated carbocycles. The van der Waals surface area contributed by atoms with Gasteiger partial charge in [-0.3, -0.25) is 0 Å². The maximum Gasteiger partial charge on any atom is 0.0900 e. The number of aliphatic hydroxyl groups is 1. The van der Waals surface area contributed by atoms with Gasteiger partial charge in [0.05, 0.1) is 19.3 Å². The van der Waals surface area contributed by atoms with Gasteiger partial charge in [-0.05, 0) is 37.9 Å². The first kappa shape index (κ1) is 16.4. The highest BCUT2D eigenvalue weighted by Crippen LogP contribution is 2.28. The fraction of sp³-hybridized carbons (Fsp3) is 0.647. The molecular weight excluding hydrogens is 264 g/mol. The Morgan fingerprint density at radius 3 is 2.81 bits per heavy atom. The van der Waals surface area contributed by atoms with E-state index in [4.69, 9.17) is 10.5 Å². The molecule has 2 rings (SSSR count). The summed E-state index contributed by atoms with van der Waals surface area (Å²) in [5.74, 6) is 0.576. The van der Waals surface area contributed by atoms with Crippen molar-refractivity contribution in [1.29, 1.82) is 0 Å². The molecule has 3 atom stereocenters. The zero-order valence-corrected chi connectivity index (χ0v) is 12.9. The van der Waals surface area contributed by atoms with E-state index in [1.54, 1.807) is 0 Å². The van der Waals surface area contributed by atoms with E-state index in [0.29, 0.717) is 31.7 Å². The third kappa shape index (κ3) is 5.08. The summed E-state index contributed by atoms with van der Waals surface area (Å²) in [6.45, 7) is 2.32. The van der Waals surface area contributed by atoms with E-state index < -0.39 is 6.10 Å². The van der Waals surface area contributed by atoms with Crippen LogP contribution >= 0.6 is 0 Å². The number of hydrogen-bond donors (Lipinski definition) is 2. The van der Waals surface area contributed by atoms with Crippen LogP contribution in [0.15, 0.2) is 30.3 Å². The Labute approximate surface area is 127 Å². The predicted octanol–water partition coefficient (Wildman–Crippen LogP) is 1.62. The molecule has 1 aromatic rings. The summed E-state index contributed by atoms with van der Waals surface area (Å²) < 4.78 is 5.60. The van der Waals surface area contributed by atoms with E-state index in [0.717, 1.165) is 12.1 Å². The number of aliphatic hydroxyl groups excluding tert-OH is 1. The number of rotatable bonds is 8. The number of ether oxygens (including phenoxy) is 1. The summed E-state index contributed by atoms with van der Waals surface area (Å²) in [4.78, 5) is 2.25. The van der Waals surface area contributed by atoms with Crippen molar-refractivity contribution in [3.8, 4) is 0 Å². The van der Waals surface area contributed by atoms with Crippen molar-refractivity contribution in [3.05, 3.63) is 35.9 Å². The molecule has 0 radical (unpaired) electrons. The number of nitrogens with two attached hydrogens (primary N) is 1. The minimum Gasteiger partial charge on any atom is -0.389 e. The molecule has 1 aliphatic carbocycles. The summed E-state index contributed by atoms with van der Waals surface area (Å²) in [5, 5.41) is 10.1. The molecule has 0 bridgehead atoms. The molecular formula is C17H28N2O2. The molecule has 118 valence electrons. The SMILES string of the molecule is CN(CC(O)COCc1ccccc1)C1CCCC1CN. The lowest BCUT2D eigenvalue weighted by Gasteiger charge is -2.30. The van der Waals surface area contributed by atoms with Gasteiger partial charge in [-0.25, -0.2) is 0 Å². The van der Waals surface area contributed by atoms with Gasteiger partial charge in [0.2, 0.25) is 0 Å². The second-order valence-corrected chi connectivity index (χ2v) is 6.09. The van der Waals surface area contributed by atoms with Gasteiger partial charge >= 0.3 is 0 Å². The molecule has 4 heteroatoms. The van der Waals surface area contributed by atoms with Crippen LogP contribution in [0.2, 0.25) is 0 Å². The first-order valence-corrected chi connectivity index (χ1v) is 7.90. The normalized spacial score (nSPS) is 23.6. The molecule has 0 heterocycles.